The van der Waals surface area contributed by atoms with Gasteiger partial charge in [-0.3, -0.25) is 4.79 Å². The molecular weight excluding hydrogens is 480 g/mol. The molecule has 0 aliphatic rings. The molecule has 166 valence electrons. The number of hydrogen-bond acceptors (Lipinski definition) is 4. The van der Waals surface area contributed by atoms with Gasteiger partial charge in [-0.15, -0.1) is 0 Å². The molecule has 5 nitrogen and oxygen atoms in total. The van der Waals surface area contributed by atoms with Gasteiger partial charge in [0, 0.05) is 10.2 Å². The largest absolute Gasteiger partial charge is 0.465 e. The summed E-state index contributed by atoms with van der Waals surface area (Å²) in [5.74, 6) is -0.989. The van der Waals surface area contributed by atoms with Crippen LogP contribution in [0.2, 0.25) is 0 Å². The van der Waals surface area contributed by atoms with Gasteiger partial charge in [0.15, 0.2) is 0 Å². The number of ether oxygens (including phenoxy) is 1. The molecule has 3 aromatic rings. The summed E-state index contributed by atoms with van der Waals surface area (Å²) in [5, 5.41) is 12.4. The number of carbonyl (C=O) groups is 2. The fourth-order valence-electron chi connectivity index (χ4n) is 3.56. The molecule has 0 atom stereocenters. The number of nitrogens with one attached hydrogen (secondary N) is 1. The minimum Gasteiger partial charge on any atom is -0.465 e. The summed E-state index contributed by atoms with van der Waals surface area (Å²) in [6, 6.07) is 20.5. The van der Waals surface area contributed by atoms with Crippen LogP contribution in [0, 0.1) is 25.2 Å². The van der Waals surface area contributed by atoms with E-state index in [0.717, 1.165) is 21.2 Å². The molecule has 3 aromatic carbocycles. The lowest BCUT2D eigenvalue weighted by molar-refractivity contribution is -0.112. The molecule has 0 aliphatic heterocycles. The molecule has 6 heteroatoms. The maximum Gasteiger partial charge on any atom is 0.337 e. The van der Waals surface area contributed by atoms with Crippen molar-refractivity contribution in [3.63, 3.8) is 0 Å². The average Bonchev–Trinajstić information content (AvgIpc) is 2.78. The van der Waals surface area contributed by atoms with Crippen molar-refractivity contribution in [2.24, 2.45) is 0 Å². The van der Waals surface area contributed by atoms with E-state index in [1.807, 2.05) is 24.3 Å². The number of halogens is 1. The van der Waals surface area contributed by atoms with Crippen LogP contribution in [-0.4, -0.2) is 19.0 Å². The summed E-state index contributed by atoms with van der Waals surface area (Å²) < 4.78 is 5.53. The van der Waals surface area contributed by atoms with Crippen molar-refractivity contribution in [2.75, 3.05) is 12.4 Å². The SMILES string of the molecule is COC(=O)c1ccc(NC(=O)/C(C#N)=C/c2cc(Br)ccc2Cc2cc(C)cc(C)c2)cc1. The smallest absolute Gasteiger partial charge is 0.337 e. The Morgan fingerprint density at radius 1 is 1.03 bits per heavy atom. The van der Waals surface area contributed by atoms with Crippen LogP contribution in [-0.2, 0) is 16.0 Å². The molecule has 0 unspecified atom stereocenters. The van der Waals surface area contributed by atoms with Crippen molar-refractivity contribution in [3.05, 3.63) is 104 Å². The number of methoxy groups -OCH3 is 1. The molecular formula is C27H23BrN2O3. The lowest BCUT2D eigenvalue weighted by Crippen LogP contribution is -2.13. The Hall–Kier alpha value is -3.69. The third-order valence-corrected chi connectivity index (χ3v) is 5.51. The van der Waals surface area contributed by atoms with Gasteiger partial charge < -0.3 is 10.1 Å². The summed E-state index contributed by atoms with van der Waals surface area (Å²) in [6.07, 6.45) is 2.28. The minimum atomic E-state index is -0.527. The second-order valence-corrected chi connectivity index (χ2v) is 8.62. The van der Waals surface area contributed by atoms with Crippen molar-refractivity contribution < 1.29 is 14.3 Å². The van der Waals surface area contributed by atoms with Gasteiger partial charge in [0.2, 0.25) is 0 Å². The van der Waals surface area contributed by atoms with E-state index in [4.69, 9.17) is 0 Å². The number of aryl methyl sites for hydroxylation is 2. The fraction of sp³-hybridized carbons (Fsp3) is 0.148. The van der Waals surface area contributed by atoms with Crippen molar-refractivity contribution in [1.29, 1.82) is 5.26 Å². The number of esters is 1. The zero-order valence-electron chi connectivity index (χ0n) is 18.6. The van der Waals surface area contributed by atoms with Gasteiger partial charge in [0.05, 0.1) is 12.7 Å². The van der Waals surface area contributed by atoms with Gasteiger partial charge in [0.1, 0.15) is 11.6 Å². The van der Waals surface area contributed by atoms with Crippen LogP contribution in [0.25, 0.3) is 6.08 Å². The number of carbonyl (C=O) groups excluding carboxylic acids is 2. The van der Waals surface area contributed by atoms with Gasteiger partial charge in [0.25, 0.3) is 5.91 Å². The standard InChI is InChI=1S/C27H23BrN2O3/c1-17-10-18(2)12-19(11-17)13-21-4-7-24(28)15-22(21)14-23(16-29)26(31)30-25-8-5-20(6-9-25)27(32)33-3/h4-12,14-15H,13H2,1-3H3,(H,30,31)/b23-14+. The fourth-order valence-corrected chi connectivity index (χ4v) is 3.94. The van der Waals surface area contributed by atoms with Crippen LogP contribution in [0.3, 0.4) is 0 Å². The molecule has 33 heavy (non-hydrogen) atoms. The first-order chi connectivity index (χ1) is 15.8. The number of benzene rings is 3. The summed E-state index contributed by atoms with van der Waals surface area (Å²) in [7, 11) is 1.30. The number of nitriles is 1. The third-order valence-electron chi connectivity index (χ3n) is 5.01. The Morgan fingerprint density at radius 3 is 2.30 bits per heavy atom. The topological polar surface area (TPSA) is 79.2 Å². The molecule has 0 bridgehead atoms. The second-order valence-electron chi connectivity index (χ2n) is 7.71. The Balaban J connectivity index is 1.87. The third kappa shape index (κ3) is 6.41. The van der Waals surface area contributed by atoms with Crippen LogP contribution in [0.15, 0.2) is 70.7 Å². The van der Waals surface area contributed by atoms with Crippen LogP contribution in [0.5, 0.6) is 0 Å². The van der Waals surface area contributed by atoms with E-state index in [9.17, 15) is 14.9 Å². The van der Waals surface area contributed by atoms with E-state index < -0.39 is 11.9 Å². The highest BCUT2D eigenvalue weighted by atomic mass is 79.9. The minimum absolute atomic E-state index is 0.0215. The molecule has 1 N–H and O–H groups in total. The highest BCUT2D eigenvalue weighted by molar-refractivity contribution is 9.10. The first kappa shape index (κ1) is 24.0. The Kier molecular flexibility index (Phi) is 7.81. The molecule has 0 aliphatic carbocycles. The van der Waals surface area contributed by atoms with Crippen LogP contribution >= 0.6 is 15.9 Å². The van der Waals surface area contributed by atoms with Crippen molar-refractivity contribution in [3.8, 4) is 6.07 Å². The number of nitrogens with zero attached hydrogens (tertiary/aromatic N) is 1. The first-order valence-electron chi connectivity index (χ1n) is 10.3. The molecule has 0 aromatic heterocycles. The average molecular weight is 503 g/mol. The van der Waals surface area contributed by atoms with Gasteiger partial charge in [-0.2, -0.15) is 5.26 Å². The Morgan fingerprint density at radius 2 is 1.70 bits per heavy atom. The summed E-state index contributed by atoms with van der Waals surface area (Å²) in [4.78, 5) is 24.3. The molecule has 3 rings (SSSR count). The van der Waals surface area contributed by atoms with Crippen LogP contribution < -0.4 is 5.32 Å². The van der Waals surface area contributed by atoms with Crippen LogP contribution in [0.4, 0.5) is 5.69 Å². The van der Waals surface area contributed by atoms with E-state index >= 15 is 0 Å². The normalized spacial score (nSPS) is 10.9. The molecule has 1 amide bonds. The molecule has 0 spiro atoms. The van der Waals surface area contributed by atoms with E-state index in [0.29, 0.717) is 17.7 Å². The molecule has 0 heterocycles. The van der Waals surface area contributed by atoms with E-state index in [1.165, 1.54) is 18.2 Å². The number of rotatable bonds is 6. The Bertz CT molecular complexity index is 1250. The lowest BCUT2D eigenvalue weighted by Gasteiger charge is -2.10. The summed E-state index contributed by atoms with van der Waals surface area (Å²) >= 11 is 3.48. The number of amides is 1. The van der Waals surface area contributed by atoms with Gasteiger partial charge >= 0.3 is 5.97 Å². The zero-order chi connectivity index (χ0) is 24.0. The quantitative estimate of drug-likeness (QED) is 0.255. The van der Waals surface area contributed by atoms with E-state index in [1.54, 1.807) is 30.3 Å². The molecule has 0 fully saturated rings. The van der Waals surface area contributed by atoms with Crippen molar-refractivity contribution in [2.45, 2.75) is 20.3 Å². The highest BCUT2D eigenvalue weighted by Gasteiger charge is 2.13. The van der Waals surface area contributed by atoms with Crippen LogP contribution in [0.1, 0.15) is 38.2 Å². The second kappa shape index (κ2) is 10.8. The first-order valence-corrected chi connectivity index (χ1v) is 11.1. The highest BCUT2D eigenvalue weighted by Crippen LogP contribution is 2.23. The molecule has 0 saturated carbocycles. The maximum atomic E-state index is 12.8. The van der Waals surface area contributed by atoms with Gasteiger partial charge in [-0.05, 0) is 79.4 Å². The zero-order valence-corrected chi connectivity index (χ0v) is 20.2. The summed E-state index contributed by atoms with van der Waals surface area (Å²) in [5.41, 5.74) is 6.16. The van der Waals surface area contributed by atoms with E-state index in [2.05, 4.69) is 58.0 Å². The van der Waals surface area contributed by atoms with Crippen molar-refractivity contribution in [1.82, 2.24) is 0 Å². The number of anilines is 1. The summed E-state index contributed by atoms with van der Waals surface area (Å²) in [6.45, 7) is 4.13. The molecule has 0 radical (unpaired) electrons. The maximum absolute atomic E-state index is 12.8. The van der Waals surface area contributed by atoms with E-state index in [-0.39, 0.29) is 5.57 Å². The van der Waals surface area contributed by atoms with Crippen molar-refractivity contribution >= 4 is 39.6 Å². The predicted octanol–water partition coefficient (Wildman–Crippen LogP) is 5.99. The Labute approximate surface area is 201 Å². The number of hydrogen-bond donors (Lipinski definition) is 1. The lowest BCUT2D eigenvalue weighted by atomic mass is 9.96. The predicted molar refractivity (Wildman–Crippen MR) is 133 cm³/mol. The monoisotopic (exact) mass is 502 g/mol. The van der Waals surface area contributed by atoms with Gasteiger partial charge in [-0.25, -0.2) is 4.79 Å². The molecule has 0 saturated heterocycles. The van der Waals surface area contributed by atoms with Gasteiger partial charge in [-0.1, -0.05) is 51.3 Å².